The van der Waals surface area contributed by atoms with Gasteiger partial charge in [-0.05, 0) is 36.8 Å². The minimum Gasteiger partial charge on any atom is -0.387 e. The molecule has 1 aliphatic rings. The predicted molar refractivity (Wildman–Crippen MR) is 96.7 cm³/mol. The quantitative estimate of drug-likeness (QED) is 0.798. The minimum atomic E-state index is -0.859. The van der Waals surface area contributed by atoms with Crippen LogP contribution in [0.5, 0.6) is 0 Å². The largest absolute Gasteiger partial charge is 0.387 e. The minimum absolute atomic E-state index is 0.144. The van der Waals surface area contributed by atoms with Crippen LogP contribution in [0.3, 0.4) is 0 Å². The van der Waals surface area contributed by atoms with Crippen molar-refractivity contribution in [2.24, 2.45) is 5.92 Å². The van der Waals surface area contributed by atoms with Crippen molar-refractivity contribution in [1.82, 2.24) is 5.32 Å². The maximum atomic E-state index is 13.9. The lowest BCUT2D eigenvalue weighted by Crippen LogP contribution is -2.30. The molecule has 0 spiro atoms. The van der Waals surface area contributed by atoms with Gasteiger partial charge in [-0.3, -0.25) is 0 Å². The van der Waals surface area contributed by atoms with Gasteiger partial charge in [0.15, 0.2) is 0 Å². The van der Waals surface area contributed by atoms with Crippen molar-refractivity contribution >= 4 is 0 Å². The van der Waals surface area contributed by atoms with Crippen LogP contribution in [-0.4, -0.2) is 24.9 Å². The van der Waals surface area contributed by atoms with E-state index in [1.54, 1.807) is 18.2 Å². The summed E-state index contributed by atoms with van der Waals surface area (Å²) in [5.74, 6) is 0.245. The number of nitrogens with one attached hydrogen (secondary N) is 1. The standard InChI is InChI=1S/C21H26FNO2/c22-19-9-5-4-8-18(19)21(24)15-23-20(17-6-2-1-3-7-17)14-16-10-12-25-13-11-16/h1-9,16,20-21,23-24H,10-15H2. The normalized spacial score (nSPS) is 18.0. The molecule has 2 N–H and O–H groups in total. The molecule has 25 heavy (non-hydrogen) atoms. The van der Waals surface area contributed by atoms with Crippen molar-refractivity contribution in [3.63, 3.8) is 0 Å². The number of halogens is 1. The van der Waals surface area contributed by atoms with E-state index >= 15 is 0 Å². The van der Waals surface area contributed by atoms with Crippen LogP contribution in [-0.2, 0) is 4.74 Å². The third-order valence-corrected chi connectivity index (χ3v) is 4.93. The Hall–Kier alpha value is -1.75. The van der Waals surface area contributed by atoms with Gasteiger partial charge in [-0.25, -0.2) is 4.39 Å². The fourth-order valence-corrected chi connectivity index (χ4v) is 3.45. The van der Waals surface area contributed by atoms with Gasteiger partial charge in [0.2, 0.25) is 0 Å². The molecule has 1 saturated heterocycles. The van der Waals surface area contributed by atoms with Crippen LogP contribution in [0, 0.1) is 11.7 Å². The Balaban J connectivity index is 1.66. The predicted octanol–water partition coefficient (Wildman–Crippen LogP) is 4.01. The van der Waals surface area contributed by atoms with Crippen molar-refractivity contribution in [2.45, 2.75) is 31.4 Å². The van der Waals surface area contributed by atoms with Crippen molar-refractivity contribution in [1.29, 1.82) is 0 Å². The average molecular weight is 343 g/mol. The Morgan fingerprint density at radius 2 is 1.72 bits per heavy atom. The number of ether oxygens (including phenoxy) is 1. The highest BCUT2D eigenvalue weighted by atomic mass is 19.1. The molecule has 4 heteroatoms. The topological polar surface area (TPSA) is 41.5 Å². The molecule has 2 unspecified atom stereocenters. The van der Waals surface area contributed by atoms with Crippen molar-refractivity contribution in [3.05, 3.63) is 71.5 Å². The van der Waals surface area contributed by atoms with Gasteiger partial charge in [-0.2, -0.15) is 0 Å². The zero-order valence-electron chi connectivity index (χ0n) is 14.4. The molecule has 2 aromatic rings. The van der Waals surface area contributed by atoms with Crippen LogP contribution in [0.15, 0.2) is 54.6 Å². The van der Waals surface area contributed by atoms with E-state index in [1.165, 1.54) is 11.6 Å². The molecule has 1 heterocycles. The maximum Gasteiger partial charge on any atom is 0.129 e. The maximum absolute atomic E-state index is 13.9. The number of hydrogen-bond acceptors (Lipinski definition) is 3. The highest BCUT2D eigenvalue weighted by molar-refractivity contribution is 5.21. The molecule has 0 bridgehead atoms. The molecule has 0 amide bonds. The summed E-state index contributed by atoms with van der Waals surface area (Å²) < 4.78 is 19.3. The zero-order valence-corrected chi connectivity index (χ0v) is 14.4. The Labute approximate surface area is 148 Å². The smallest absolute Gasteiger partial charge is 0.129 e. The van der Waals surface area contributed by atoms with Gasteiger partial charge in [-0.15, -0.1) is 0 Å². The lowest BCUT2D eigenvalue weighted by molar-refractivity contribution is 0.0596. The second-order valence-corrected chi connectivity index (χ2v) is 6.70. The summed E-state index contributed by atoms with van der Waals surface area (Å²) in [4.78, 5) is 0. The molecule has 0 radical (unpaired) electrons. The van der Waals surface area contributed by atoms with E-state index in [4.69, 9.17) is 4.74 Å². The summed E-state index contributed by atoms with van der Waals surface area (Å²) in [6, 6.07) is 16.8. The summed E-state index contributed by atoms with van der Waals surface area (Å²) in [6.07, 6.45) is 2.28. The van der Waals surface area contributed by atoms with Gasteiger partial charge in [0, 0.05) is 31.4 Å². The molecule has 1 aliphatic heterocycles. The summed E-state index contributed by atoms with van der Waals surface area (Å²) >= 11 is 0. The van der Waals surface area contributed by atoms with E-state index < -0.39 is 6.10 Å². The van der Waals surface area contributed by atoms with Gasteiger partial charge in [0.1, 0.15) is 5.82 Å². The van der Waals surface area contributed by atoms with Crippen molar-refractivity contribution in [3.8, 4) is 0 Å². The zero-order chi connectivity index (χ0) is 17.5. The highest BCUT2D eigenvalue weighted by Crippen LogP contribution is 2.28. The van der Waals surface area contributed by atoms with Crippen LogP contribution >= 0.6 is 0 Å². The van der Waals surface area contributed by atoms with Crippen LogP contribution in [0.2, 0.25) is 0 Å². The van der Waals surface area contributed by atoms with Crippen LogP contribution < -0.4 is 5.32 Å². The molecule has 3 rings (SSSR count). The summed E-state index contributed by atoms with van der Waals surface area (Å²) in [5, 5.41) is 13.8. The molecular weight excluding hydrogens is 317 g/mol. The first-order valence-corrected chi connectivity index (χ1v) is 9.02. The van der Waals surface area contributed by atoms with E-state index in [9.17, 15) is 9.50 Å². The Morgan fingerprint density at radius 3 is 2.44 bits per heavy atom. The van der Waals surface area contributed by atoms with E-state index in [-0.39, 0.29) is 11.9 Å². The fourth-order valence-electron chi connectivity index (χ4n) is 3.45. The molecule has 1 fully saturated rings. The summed E-state index contributed by atoms with van der Waals surface area (Å²) in [7, 11) is 0. The molecule has 134 valence electrons. The lowest BCUT2D eigenvalue weighted by atomic mass is 9.89. The Bertz CT molecular complexity index is 643. The number of rotatable bonds is 7. The van der Waals surface area contributed by atoms with Gasteiger partial charge in [-0.1, -0.05) is 48.5 Å². The van der Waals surface area contributed by atoms with Crippen molar-refractivity contribution < 1.29 is 14.2 Å². The van der Waals surface area contributed by atoms with Crippen molar-refractivity contribution in [2.75, 3.05) is 19.8 Å². The van der Waals surface area contributed by atoms with E-state index in [0.717, 1.165) is 32.5 Å². The molecule has 0 aliphatic carbocycles. The van der Waals surface area contributed by atoms with E-state index in [2.05, 4.69) is 17.4 Å². The molecule has 0 saturated carbocycles. The molecular formula is C21H26FNO2. The van der Waals surface area contributed by atoms with Crippen LogP contribution in [0.4, 0.5) is 4.39 Å². The number of aliphatic hydroxyl groups is 1. The second kappa shape index (κ2) is 9.09. The SMILES string of the molecule is OC(CNC(CC1CCOCC1)c1ccccc1)c1ccccc1F. The second-order valence-electron chi connectivity index (χ2n) is 6.70. The average Bonchev–Trinajstić information content (AvgIpc) is 2.67. The van der Waals surface area contributed by atoms with Gasteiger partial charge in [0.25, 0.3) is 0 Å². The first-order chi connectivity index (χ1) is 12.2. The van der Waals surface area contributed by atoms with Gasteiger partial charge >= 0.3 is 0 Å². The number of aliphatic hydroxyl groups excluding tert-OH is 1. The van der Waals surface area contributed by atoms with Gasteiger partial charge < -0.3 is 15.2 Å². The van der Waals surface area contributed by atoms with Crippen LogP contribution in [0.1, 0.15) is 42.5 Å². The molecule has 3 nitrogen and oxygen atoms in total. The third kappa shape index (κ3) is 5.11. The molecule has 2 atom stereocenters. The summed E-state index contributed by atoms with van der Waals surface area (Å²) in [5.41, 5.74) is 1.54. The number of hydrogen-bond donors (Lipinski definition) is 2. The van der Waals surface area contributed by atoms with E-state index in [0.29, 0.717) is 18.0 Å². The molecule has 0 aromatic heterocycles. The first-order valence-electron chi connectivity index (χ1n) is 9.02. The fraction of sp³-hybridized carbons (Fsp3) is 0.429. The van der Waals surface area contributed by atoms with E-state index in [1.807, 2.05) is 18.2 Å². The third-order valence-electron chi connectivity index (χ3n) is 4.93. The van der Waals surface area contributed by atoms with Gasteiger partial charge in [0.05, 0.1) is 6.10 Å². The first kappa shape index (κ1) is 18.1. The highest BCUT2D eigenvalue weighted by Gasteiger charge is 2.22. The Kier molecular flexibility index (Phi) is 6.56. The number of benzene rings is 2. The summed E-state index contributed by atoms with van der Waals surface area (Å²) in [6.45, 7) is 1.97. The monoisotopic (exact) mass is 343 g/mol. The molecule has 2 aromatic carbocycles. The Morgan fingerprint density at radius 1 is 1.04 bits per heavy atom. The lowest BCUT2D eigenvalue weighted by Gasteiger charge is -2.28. The van der Waals surface area contributed by atoms with Crippen LogP contribution in [0.25, 0.3) is 0 Å².